The maximum Gasteiger partial charge on any atom is 0.253 e. The molecule has 2 saturated heterocycles. The van der Waals surface area contributed by atoms with Gasteiger partial charge < -0.3 is 14.4 Å². The van der Waals surface area contributed by atoms with Crippen molar-refractivity contribution in [2.75, 3.05) is 13.7 Å². The Bertz CT molecular complexity index is 1040. The van der Waals surface area contributed by atoms with Crippen molar-refractivity contribution in [2.24, 2.45) is 0 Å². The predicted octanol–water partition coefficient (Wildman–Crippen LogP) is 5.86. The number of methoxy groups -OCH3 is 1. The third-order valence-corrected chi connectivity index (χ3v) is 7.50. The molecule has 36 heavy (non-hydrogen) atoms. The number of nitrogens with one attached hydrogen (secondary N) is 1. The van der Waals surface area contributed by atoms with Gasteiger partial charge in [0.25, 0.3) is 5.91 Å². The van der Waals surface area contributed by atoms with Crippen LogP contribution in [0.25, 0.3) is 0 Å². The van der Waals surface area contributed by atoms with Crippen LogP contribution in [0.1, 0.15) is 101 Å². The van der Waals surface area contributed by atoms with Crippen molar-refractivity contribution >= 4 is 5.91 Å². The maximum absolute atomic E-state index is 13.9. The molecule has 4 rings (SSSR count). The molecule has 1 N–H and O–H groups in total. The van der Waals surface area contributed by atoms with E-state index in [0.717, 1.165) is 43.4 Å². The van der Waals surface area contributed by atoms with E-state index in [4.69, 9.17) is 14.5 Å². The number of benzene rings is 1. The van der Waals surface area contributed by atoms with Crippen LogP contribution in [-0.4, -0.2) is 41.8 Å². The van der Waals surface area contributed by atoms with E-state index >= 15 is 0 Å². The van der Waals surface area contributed by atoms with Crippen molar-refractivity contribution in [3.63, 3.8) is 0 Å². The highest BCUT2D eigenvalue weighted by Gasteiger charge is 2.41. The Balaban J connectivity index is 1.60. The van der Waals surface area contributed by atoms with E-state index in [1.54, 1.807) is 7.11 Å². The molecule has 2 fully saturated rings. The standard InChI is InChI=1S/C30H43N3O3/c1-20(2)22-11-7-8-12-23(22)24-15-17-27(33(24)29(34)25-13-9-10-18-36-25)31-19-21-14-16-26(30(3,4)5)32-28(21)35-6/h7-8,11-12,14,16,20,24-25,27,31H,9-10,13,15,17-19H2,1-6H3. The van der Waals surface area contributed by atoms with Crippen LogP contribution in [0.5, 0.6) is 5.88 Å². The van der Waals surface area contributed by atoms with Gasteiger partial charge in [-0.3, -0.25) is 10.1 Å². The molecule has 3 atom stereocenters. The molecule has 0 spiro atoms. The minimum atomic E-state index is -0.350. The fraction of sp³-hybridized carbons (Fsp3) is 0.600. The molecule has 3 heterocycles. The highest BCUT2D eigenvalue weighted by atomic mass is 16.5. The van der Waals surface area contributed by atoms with Crippen molar-refractivity contribution in [2.45, 2.75) is 103 Å². The summed E-state index contributed by atoms with van der Waals surface area (Å²) in [6.07, 6.45) is 4.27. The average Bonchev–Trinajstić information content (AvgIpc) is 3.30. The van der Waals surface area contributed by atoms with Crippen molar-refractivity contribution < 1.29 is 14.3 Å². The first-order valence-corrected chi connectivity index (χ1v) is 13.5. The number of aromatic nitrogens is 1. The van der Waals surface area contributed by atoms with Gasteiger partial charge in [-0.1, -0.05) is 65.0 Å². The van der Waals surface area contributed by atoms with Crippen LogP contribution in [-0.2, 0) is 21.5 Å². The summed E-state index contributed by atoms with van der Waals surface area (Å²) in [4.78, 5) is 20.7. The number of amides is 1. The second-order valence-corrected chi connectivity index (χ2v) is 11.5. The summed E-state index contributed by atoms with van der Waals surface area (Å²) < 4.78 is 11.6. The highest BCUT2D eigenvalue weighted by molar-refractivity contribution is 5.82. The lowest BCUT2D eigenvalue weighted by molar-refractivity contribution is -0.150. The van der Waals surface area contributed by atoms with E-state index in [2.05, 4.69) is 81.2 Å². The quantitative estimate of drug-likeness (QED) is 0.523. The zero-order valence-electron chi connectivity index (χ0n) is 22.8. The largest absolute Gasteiger partial charge is 0.481 e. The fourth-order valence-electron chi connectivity index (χ4n) is 5.49. The third kappa shape index (κ3) is 5.76. The Labute approximate surface area is 216 Å². The van der Waals surface area contributed by atoms with Gasteiger partial charge >= 0.3 is 0 Å². The molecule has 2 aliphatic heterocycles. The second kappa shape index (κ2) is 11.3. The summed E-state index contributed by atoms with van der Waals surface area (Å²) in [6, 6.07) is 12.8. The van der Waals surface area contributed by atoms with E-state index in [1.807, 2.05) is 0 Å². The van der Waals surface area contributed by atoms with Crippen LogP contribution in [0.15, 0.2) is 36.4 Å². The number of hydrogen-bond donors (Lipinski definition) is 1. The number of pyridine rings is 1. The summed E-state index contributed by atoms with van der Waals surface area (Å²) in [5.41, 5.74) is 4.52. The number of likely N-dealkylation sites (tertiary alicyclic amines) is 1. The SMILES string of the molecule is COc1nc(C(C)(C)C)ccc1CNC1CCC(c2ccccc2C(C)C)N1C(=O)C1CCCCO1. The molecule has 1 aromatic carbocycles. The van der Waals surface area contributed by atoms with Crippen molar-refractivity contribution in [1.29, 1.82) is 0 Å². The number of nitrogens with zero attached hydrogens (tertiary/aromatic N) is 2. The molecule has 2 aromatic rings. The van der Waals surface area contributed by atoms with Gasteiger partial charge in [0.15, 0.2) is 0 Å². The van der Waals surface area contributed by atoms with Crippen LogP contribution in [0, 0.1) is 0 Å². The zero-order chi connectivity index (χ0) is 25.9. The zero-order valence-corrected chi connectivity index (χ0v) is 22.8. The maximum atomic E-state index is 13.9. The molecule has 0 bridgehead atoms. The highest BCUT2D eigenvalue weighted by Crippen LogP contribution is 2.40. The molecular formula is C30H43N3O3. The summed E-state index contributed by atoms with van der Waals surface area (Å²) >= 11 is 0. The number of carbonyl (C=O) groups is 1. The van der Waals surface area contributed by atoms with E-state index in [9.17, 15) is 4.79 Å². The minimum Gasteiger partial charge on any atom is -0.481 e. The molecule has 196 valence electrons. The Kier molecular flexibility index (Phi) is 8.36. The molecule has 3 unspecified atom stereocenters. The summed E-state index contributed by atoms with van der Waals surface area (Å²) in [5, 5.41) is 3.68. The number of ether oxygens (including phenoxy) is 2. The van der Waals surface area contributed by atoms with Crippen LogP contribution in [0.3, 0.4) is 0 Å². The first-order valence-electron chi connectivity index (χ1n) is 13.5. The lowest BCUT2D eigenvalue weighted by Gasteiger charge is -2.36. The van der Waals surface area contributed by atoms with E-state index in [-0.39, 0.29) is 29.6 Å². The van der Waals surface area contributed by atoms with E-state index < -0.39 is 0 Å². The van der Waals surface area contributed by atoms with E-state index in [0.29, 0.717) is 24.9 Å². The van der Waals surface area contributed by atoms with Gasteiger partial charge in [0.05, 0.1) is 19.3 Å². The topological polar surface area (TPSA) is 63.7 Å². The van der Waals surface area contributed by atoms with Gasteiger partial charge in [0.2, 0.25) is 5.88 Å². The molecule has 0 radical (unpaired) electrons. The van der Waals surface area contributed by atoms with Gasteiger partial charge in [-0.15, -0.1) is 0 Å². The van der Waals surface area contributed by atoms with Gasteiger partial charge in [-0.25, -0.2) is 4.98 Å². The van der Waals surface area contributed by atoms with Crippen LogP contribution < -0.4 is 10.1 Å². The van der Waals surface area contributed by atoms with Crippen LogP contribution in [0.4, 0.5) is 0 Å². The average molecular weight is 494 g/mol. The van der Waals surface area contributed by atoms with Gasteiger partial charge in [0, 0.05) is 29.8 Å². The molecule has 2 aliphatic rings. The van der Waals surface area contributed by atoms with Crippen molar-refractivity contribution in [3.05, 3.63) is 58.8 Å². The number of carbonyl (C=O) groups excluding carboxylic acids is 1. The van der Waals surface area contributed by atoms with Gasteiger partial charge in [-0.2, -0.15) is 0 Å². The summed E-state index contributed by atoms with van der Waals surface area (Å²) in [7, 11) is 1.67. The lowest BCUT2D eigenvalue weighted by Crippen LogP contribution is -2.50. The first kappa shape index (κ1) is 26.6. The molecular weight excluding hydrogens is 450 g/mol. The van der Waals surface area contributed by atoms with Crippen LogP contribution in [0.2, 0.25) is 0 Å². The van der Waals surface area contributed by atoms with E-state index in [1.165, 1.54) is 11.1 Å². The lowest BCUT2D eigenvalue weighted by atomic mass is 9.91. The second-order valence-electron chi connectivity index (χ2n) is 11.5. The van der Waals surface area contributed by atoms with Gasteiger partial charge in [0.1, 0.15) is 6.10 Å². The Morgan fingerprint density at radius 2 is 1.92 bits per heavy atom. The monoisotopic (exact) mass is 493 g/mol. The Morgan fingerprint density at radius 3 is 2.58 bits per heavy atom. The third-order valence-electron chi connectivity index (χ3n) is 7.50. The number of hydrogen-bond acceptors (Lipinski definition) is 5. The Hall–Kier alpha value is -2.44. The first-order chi connectivity index (χ1) is 17.2. The fourth-order valence-corrected chi connectivity index (χ4v) is 5.49. The minimum absolute atomic E-state index is 0.0439. The molecule has 0 aliphatic carbocycles. The van der Waals surface area contributed by atoms with Crippen LogP contribution >= 0.6 is 0 Å². The molecule has 6 nitrogen and oxygen atoms in total. The van der Waals surface area contributed by atoms with Gasteiger partial charge in [-0.05, 0) is 55.2 Å². The molecule has 0 saturated carbocycles. The molecule has 6 heteroatoms. The smallest absolute Gasteiger partial charge is 0.253 e. The van der Waals surface area contributed by atoms with Crippen molar-refractivity contribution in [1.82, 2.24) is 15.2 Å². The van der Waals surface area contributed by atoms with Crippen molar-refractivity contribution in [3.8, 4) is 5.88 Å². The number of rotatable bonds is 7. The summed E-state index contributed by atoms with van der Waals surface area (Å²) in [5.74, 6) is 1.15. The molecule has 1 aromatic heterocycles. The predicted molar refractivity (Wildman–Crippen MR) is 143 cm³/mol. The molecule has 1 amide bonds. The Morgan fingerprint density at radius 1 is 1.14 bits per heavy atom. The summed E-state index contributed by atoms with van der Waals surface area (Å²) in [6.45, 7) is 12.1. The normalized spacial score (nSPS) is 22.8.